The zero-order chi connectivity index (χ0) is 6.81. The molecular formula is C9H7N. The topological polar surface area (TPSA) is 14.1 Å². The van der Waals surface area contributed by atoms with E-state index < -0.39 is 0 Å². The van der Waals surface area contributed by atoms with Crippen molar-refractivity contribution in [3.63, 3.8) is 0 Å². The molecule has 0 aliphatic carbocycles. The van der Waals surface area contributed by atoms with Gasteiger partial charge in [-0.25, -0.2) is 0 Å². The molecule has 10 heavy (non-hydrogen) atoms. The number of rotatable bonds is 0. The number of para-hydroxylation sites is 1. The van der Waals surface area contributed by atoms with Crippen molar-refractivity contribution in [1.82, 2.24) is 5.32 Å². The van der Waals surface area contributed by atoms with E-state index in [1.165, 1.54) is 5.56 Å². The standard InChI is InChI=1S/C9H7N/c1-2-6-9-8(4-1)5-3-7-10-9/h1-2,4-6H,7H2. The van der Waals surface area contributed by atoms with Gasteiger partial charge >= 0.3 is 0 Å². The minimum absolute atomic E-state index is 0.705. The van der Waals surface area contributed by atoms with Crippen LogP contribution in [0.4, 0.5) is 5.69 Å². The van der Waals surface area contributed by atoms with Gasteiger partial charge in [0.25, 0.3) is 0 Å². The monoisotopic (exact) mass is 129 g/mol. The van der Waals surface area contributed by atoms with E-state index in [1.54, 1.807) is 0 Å². The van der Waals surface area contributed by atoms with Gasteiger partial charge in [-0.15, -0.1) is 0 Å². The average Bonchev–Trinajstić information content (AvgIpc) is 2.05. The maximum atomic E-state index is 4.25. The van der Waals surface area contributed by atoms with Gasteiger partial charge in [-0.05, 0) is 18.2 Å². The van der Waals surface area contributed by atoms with Crippen molar-refractivity contribution in [2.75, 3.05) is 6.54 Å². The Balaban J connectivity index is 2.54. The molecule has 48 valence electrons. The summed E-state index contributed by atoms with van der Waals surface area (Å²) in [5.41, 5.74) is 2.26. The third-order valence-corrected chi connectivity index (χ3v) is 1.54. The highest BCUT2D eigenvalue weighted by Crippen LogP contribution is 2.18. The summed E-state index contributed by atoms with van der Waals surface area (Å²) in [4.78, 5) is 0. The predicted molar refractivity (Wildman–Crippen MR) is 40.8 cm³/mol. The van der Waals surface area contributed by atoms with E-state index in [4.69, 9.17) is 0 Å². The van der Waals surface area contributed by atoms with Crippen LogP contribution in [0.25, 0.3) is 6.08 Å². The fraction of sp³-hybridized carbons (Fsp3) is 0.111. The van der Waals surface area contributed by atoms with Gasteiger partial charge < -0.3 is 0 Å². The Morgan fingerprint density at radius 2 is 2.20 bits per heavy atom. The SMILES string of the molecule is [C]1=Cc2ccccc2[N]C1. The highest BCUT2D eigenvalue weighted by Gasteiger charge is 2.01. The first-order valence-corrected chi connectivity index (χ1v) is 3.30. The largest absolute Gasteiger partial charge is 0.280 e. The zero-order valence-electron chi connectivity index (χ0n) is 5.54. The van der Waals surface area contributed by atoms with Crippen LogP contribution in [0.5, 0.6) is 0 Å². The van der Waals surface area contributed by atoms with Crippen molar-refractivity contribution in [1.29, 1.82) is 0 Å². The molecule has 1 heterocycles. The van der Waals surface area contributed by atoms with Crippen molar-refractivity contribution >= 4 is 11.8 Å². The first-order chi connectivity index (χ1) is 4.97. The van der Waals surface area contributed by atoms with Crippen LogP contribution in [0.2, 0.25) is 0 Å². The fourth-order valence-electron chi connectivity index (χ4n) is 1.04. The molecule has 0 saturated heterocycles. The third-order valence-electron chi connectivity index (χ3n) is 1.54. The van der Waals surface area contributed by atoms with Gasteiger partial charge in [0.15, 0.2) is 0 Å². The zero-order valence-corrected chi connectivity index (χ0v) is 5.54. The number of hydrogen-bond donors (Lipinski definition) is 0. The van der Waals surface area contributed by atoms with Crippen LogP contribution >= 0.6 is 0 Å². The lowest BCUT2D eigenvalue weighted by Gasteiger charge is -2.07. The van der Waals surface area contributed by atoms with Crippen LogP contribution in [0, 0.1) is 6.08 Å². The Labute approximate surface area is 60.4 Å². The highest BCUT2D eigenvalue weighted by molar-refractivity contribution is 5.64. The summed E-state index contributed by atoms with van der Waals surface area (Å²) in [5.74, 6) is 0. The molecule has 1 aromatic carbocycles. The first kappa shape index (κ1) is 5.54. The molecule has 0 unspecified atom stereocenters. The minimum Gasteiger partial charge on any atom is -0.280 e. The van der Waals surface area contributed by atoms with E-state index in [9.17, 15) is 0 Å². The van der Waals surface area contributed by atoms with E-state index in [0.29, 0.717) is 6.54 Å². The number of fused-ring (bicyclic) bond motifs is 1. The van der Waals surface area contributed by atoms with E-state index >= 15 is 0 Å². The van der Waals surface area contributed by atoms with Crippen LogP contribution in [0.1, 0.15) is 5.56 Å². The summed E-state index contributed by atoms with van der Waals surface area (Å²) in [6, 6.07) is 8.08. The Hall–Kier alpha value is -1.24. The van der Waals surface area contributed by atoms with Crippen molar-refractivity contribution in [3.8, 4) is 0 Å². The summed E-state index contributed by atoms with van der Waals surface area (Å²) < 4.78 is 0. The number of nitrogens with zero attached hydrogens (tertiary/aromatic N) is 1. The van der Waals surface area contributed by atoms with Gasteiger partial charge in [-0.1, -0.05) is 18.2 Å². The molecule has 1 nitrogen and oxygen atoms in total. The Morgan fingerprint density at radius 1 is 1.30 bits per heavy atom. The Kier molecular flexibility index (Phi) is 1.21. The van der Waals surface area contributed by atoms with Gasteiger partial charge in [0, 0.05) is 5.56 Å². The van der Waals surface area contributed by atoms with Gasteiger partial charge in [0.1, 0.15) is 0 Å². The van der Waals surface area contributed by atoms with E-state index in [-0.39, 0.29) is 0 Å². The van der Waals surface area contributed by atoms with E-state index in [1.807, 2.05) is 30.3 Å². The van der Waals surface area contributed by atoms with Crippen LogP contribution in [0.3, 0.4) is 0 Å². The van der Waals surface area contributed by atoms with Crippen LogP contribution in [0.15, 0.2) is 24.3 Å². The molecule has 2 radical (unpaired) electrons. The average molecular weight is 129 g/mol. The van der Waals surface area contributed by atoms with Gasteiger partial charge in [0.2, 0.25) is 0 Å². The summed E-state index contributed by atoms with van der Waals surface area (Å²) in [5, 5.41) is 4.25. The summed E-state index contributed by atoms with van der Waals surface area (Å²) in [6.45, 7) is 0.705. The summed E-state index contributed by atoms with van der Waals surface area (Å²) >= 11 is 0. The van der Waals surface area contributed by atoms with Crippen molar-refractivity contribution in [2.24, 2.45) is 0 Å². The van der Waals surface area contributed by atoms with Crippen molar-refractivity contribution < 1.29 is 0 Å². The van der Waals surface area contributed by atoms with Gasteiger partial charge in [-0.2, -0.15) is 0 Å². The summed E-state index contributed by atoms with van der Waals surface area (Å²) in [6.07, 6.45) is 5.04. The van der Waals surface area contributed by atoms with Gasteiger partial charge in [0.05, 0.1) is 12.2 Å². The summed E-state index contributed by atoms with van der Waals surface area (Å²) in [7, 11) is 0. The van der Waals surface area contributed by atoms with E-state index in [2.05, 4.69) is 11.4 Å². The molecule has 0 atom stereocenters. The molecule has 0 saturated carbocycles. The smallest absolute Gasteiger partial charge is 0.0650 e. The molecule has 0 N–H and O–H groups in total. The Bertz CT molecular complexity index is 263. The molecule has 0 fully saturated rings. The third kappa shape index (κ3) is 0.798. The molecule has 1 heteroatoms. The molecule has 2 rings (SSSR count). The molecule has 1 aliphatic rings. The fourth-order valence-corrected chi connectivity index (χ4v) is 1.04. The molecule has 1 aliphatic heterocycles. The lowest BCUT2D eigenvalue weighted by molar-refractivity contribution is 0.949. The quantitative estimate of drug-likeness (QED) is 0.506. The van der Waals surface area contributed by atoms with Gasteiger partial charge in [-0.3, -0.25) is 5.32 Å². The van der Waals surface area contributed by atoms with Crippen LogP contribution in [-0.2, 0) is 0 Å². The van der Waals surface area contributed by atoms with Crippen molar-refractivity contribution in [3.05, 3.63) is 35.9 Å². The highest BCUT2D eigenvalue weighted by atomic mass is 14.9. The maximum absolute atomic E-state index is 4.25. The second kappa shape index (κ2) is 2.18. The molecule has 0 amide bonds. The maximum Gasteiger partial charge on any atom is 0.0650 e. The van der Waals surface area contributed by atoms with Crippen molar-refractivity contribution in [2.45, 2.75) is 0 Å². The minimum atomic E-state index is 0.705. The molecular weight excluding hydrogens is 122 g/mol. The lowest BCUT2D eigenvalue weighted by atomic mass is 10.1. The lowest BCUT2D eigenvalue weighted by Crippen LogP contribution is -2.02. The number of benzene rings is 1. The number of hydrogen-bond acceptors (Lipinski definition) is 0. The predicted octanol–water partition coefficient (Wildman–Crippen LogP) is 1.75. The normalized spacial score (nSPS) is 14.0. The first-order valence-electron chi connectivity index (χ1n) is 3.30. The molecule has 0 bridgehead atoms. The van der Waals surface area contributed by atoms with Crippen LogP contribution in [-0.4, -0.2) is 6.54 Å². The van der Waals surface area contributed by atoms with E-state index in [0.717, 1.165) is 5.69 Å². The Morgan fingerprint density at radius 3 is 3.10 bits per heavy atom. The second-order valence-electron chi connectivity index (χ2n) is 2.22. The molecule has 0 aromatic heterocycles. The van der Waals surface area contributed by atoms with Crippen LogP contribution < -0.4 is 5.32 Å². The second-order valence-corrected chi connectivity index (χ2v) is 2.22. The molecule has 0 spiro atoms. The molecule has 1 aromatic rings.